The highest BCUT2D eigenvalue weighted by atomic mass is 35.5. The van der Waals surface area contributed by atoms with Crippen LogP contribution in [0.1, 0.15) is 25.0 Å². The Morgan fingerprint density at radius 3 is 2.59 bits per heavy atom. The van der Waals surface area contributed by atoms with Crippen molar-refractivity contribution in [2.24, 2.45) is 4.99 Å². The van der Waals surface area contributed by atoms with Crippen LogP contribution in [0.3, 0.4) is 0 Å². The topological polar surface area (TPSA) is 73.8 Å². The van der Waals surface area contributed by atoms with Crippen LogP contribution >= 0.6 is 11.6 Å². The standard InChI is InChI=1S/C22H25ClN4O2/c1-3-27(4-2)13-12-24-21(28)20-22(29)25-18-11-10-16(23)14-17(18)19(26-20)15-8-6-5-7-9-15/h5-11,14,20H,3-4,12-13H2,1-2H3,(H,24,28)(H,25,29). The third-order valence-electron chi connectivity index (χ3n) is 4.92. The molecule has 29 heavy (non-hydrogen) atoms. The van der Waals surface area contributed by atoms with Crippen molar-refractivity contribution >= 4 is 34.8 Å². The molecule has 2 aromatic rings. The van der Waals surface area contributed by atoms with E-state index < -0.39 is 17.9 Å². The summed E-state index contributed by atoms with van der Waals surface area (Å²) in [6.07, 6.45) is 0. The van der Waals surface area contributed by atoms with Crippen molar-refractivity contribution in [2.45, 2.75) is 19.9 Å². The van der Waals surface area contributed by atoms with E-state index in [0.717, 1.165) is 25.2 Å². The van der Waals surface area contributed by atoms with Gasteiger partial charge >= 0.3 is 0 Å². The summed E-state index contributed by atoms with van der Waals surface area (Å²) in [6, 6.07) is 13.5. The van der Waals surface area contributed by atoms with Gasteiger partial charge in [0.2, 0.25) is 6.04 Å². The highest BCUT2D eigenvalue weighted by molar-refractivity contribution is 6.32. The van der Waals surface area contributed by atoms with Gasteiger partial charge in [-0.25, -0.2) is 0 Å². The molecule has 0 bridgehead atoms. The van der Waals surface area contributed by atoms with Gasteiger partial charge in [-0.1, -0.05) is 55.8 Å². The molecule has 0 radical (unpaired) electrons. The van der Waals surface area contributed by atoms with Gasteiger partial charge in [0.05, 0.1) is 11.4 Å². The van der Waals surface area contributed by atoms with E-state index in [1.807, 2.05) is 30.3 Å². The lowest BCUT2D eigenvalue weighted by Gasteiger charge is -2.18. The van der Waals surface area contributed by atoms with Gasteiger partial charge in [-0.2, -0.15) is 0 Å². The summed E-state index contributed by atoms with van der Waals surface area (Å²) in [5, 5.41) is 6.19. The predicted molar refractivity (Wildman–Crippen MR) is 117 cm³/mol. The van der Waals surface area contributed by atoms with E-state index in [4.69, 9.17) is 11.6 Å². The molecular formula is C22H25ClN4O2. The number of anilines is 1. The summed E-state index contributed by atoms with van der Waals surface area (Å²) in [7, 11) is 0. The van der Waals surface area contributed by atoms with Gasteiger partial charge in [0.1, 0.15) is 0 Å². The van der Waals surface area contributed by atoms with E-state index in [2.05, 4.69) is 34.4 Å². The largest absolute Gasteiger partial charge is 0.352 e. The van der Waals surface area contributed by atoms with Crippen molar-refractivity contribution in [2.75, 3.05) is 31.5 Å². The Balaban J connectivity index is 1.91. The summed E-state index contributed by atoms with van der Waals surface area (Å²) >= 11 is 6.19. The number of fused-ring (bicyclic) bond motifs is 1. The van der Waals surface area contributed by atoms with E-state index >= 15 is 0 Å². The average Bonchev–Trinajstić information content (AvgIpc) is 2.87. The van der Waals surface area contributed by atoms with Crippen LogP contribution in [0.25, 0.3) is 0 Å². The Hall–Kier alpha value is -2.70. The molecule has 1 unspecified atom stereocenters. The second-order valence-electron chi connectivity index (χ2n) is 6.74. The van der Waals surface area contributed by atoms with Crippen LogP contribution in [0, 0.1) is 0 Å². The molecular weight excluding hydrogens is 388 g/mol. The maximum atomic E-state index is 12.8. The number of nitrogens with zero attached hydrogens (tertiary/aromatic N) is 2. The van der Waals surface area contributed by atoms with Crippen molar-refractivity contribution in [3.8, 4) is 0 Å². The van der Waals surface area contributed by atoms with Crippen LogP contribution in [0.2, 0.25) is 5.02 Å². The molecule has 2 amide bonds. The molecule has 2 aromatic carbocycles. The zero-order valence-corrected chi connectivity index (χ0v) is 17.4. The van der Waals surface area contributed by atoms with Gasteiger partial charge < -0.3 is 15.5 Å². The molecule has 2 N–H and O–H groups in total. The second kappa shape index (κ2) is 9.67. The zero-order valence-electron chi connectivity index (χ0n) is 16.6. The first-order valence-electron chi connectivity index (χ1n) is 9.77. The van der Waals surface area contributed by atoms with Crippen molar-refractivity contribution in [1.29, 1.82) is 0 Å². The lowest BCUT2D eigenvalue weighted by Crippen LogP contribution is -2.44. The summed E-state index contributed by atoms with van der Waals surface area (Å²) in [5.41, 5.74) is 2.65. The van der Waals surface area contributed by atoms with Crippen molar-refractivity contribution in [3.05, 3.63) is 64.7 Å². The summed E-state index contributed by atoms with van der Waals surface area (Å²) in [6.45, 7) is 7.13. The molecule has 3 rings (SSSR count). The number of rotatable bonds is 7. The van der Waals surface area contributed by atoms with Crippen LogP contribution in [-0.2, 0) is 9.59 Å². The Labute approximate surface area is 176 Å². The Kier molecular flexibility index (Phi) is 7.01. The molecule has 1 heterocycles. The van der Waals surface area contributed by atoms with Crippen LogP contribution in [0.15, 0.2) is 53.5 Å². The number of likely N-dealkylation sites (N-methyl/N-ethyl adjacent to an activating group) is 1. The van der Waals surface area contributed by atoms with Gasteiger partial charge in [0.15, 0.2) is 0 Å². The minimum Gasteiger partial charge on any atom is -0.352 e. The van der Waals surface area contributed by atoms with E-state index in [1.165, 1.54) is 0 Å². The van der Waals surface area contributed by atoms with Crippen molar-refractivity contribution < 1.29 is 9.59 Å². The predicted octanol–water partition coefficient (Wildman–Crippen LogP) is 2.96. The van der Waals surface area contributed by atoms with Gasteiger partial charge in [0, 0.05) is 29.2 Å². The fourth-order valence-corrected chi connectivity index (χ4v) is 3.43. The molecule has 152 valence electrons. The first kappa shape index (κ1) is 21.0. The minimum absolute atomic E-state index is 0.415. The van der Waals surface area contributed by atoms with Gasteiger partial charge in [0.25, 0.3) is 11.8 Å². The molecule has 1 aliphatic heterocycles. The van der Waals surface area contributed by atoms with Crippen LogP contribution in [-0.4, -0.2) is 54.6 Å². The minimum atomic E-state index is -1.17. The van der Waals surface area contributed by atoms with Gasteiger partial charge in [-0.3, -0.25) is 14.6 Å². The van der Waals surface area contributed by atoms with E-state index in [-0.39, 0.29) is 0 Å². The number of aliphatic imine (C=N–C) groups is 1. The number of amides is 2. The first-order chi connectivity index (χ1) is 14.0. The number of benzodiazepines with no additional fused rings is 1. The number of carbonyl (C=O) groups excluding carboxylic acids is 2. The number of halogens is 1. The lowest BCUT2D eigenvalue weighted by atomic mass is 10.0. The number of carbonyl (C=O) groups is 2. The molecule has 0 saturated carbocycles. The Bertz CT molecular complexity index is 910. The zero-order chi connectivity index (χ0) is 20.8. The fourth-order valence-electron chi connectivity index (χ4n) is 3.26. The van der Waals surface area contributed by atoms with Crippen LogP contribution in [0.5, 0.6) is 0 Å². The molecule has 7 heteroatoms. The van der Waals surface area contributed by atoms with Gasteiger partial charge in [-0.05, 0) is 31.3 Å². The highest BCUT2D eigenvalue weighted by Gasteiger charge is 2.31. The Morgan fingerprint density at radius 1 is 1.17 bits per heavy atom. The summed E-state index contributed by atoms with van der Waals surface area (Å²) in [5.74, 6) is -0.873. The molecule has 1 atom stereocenters. The monoisotopic (exact) mass is 412 g/mol. The maximum Gasteiger partial charge on any atom is 0.258 e. The highest BCUT2D eigenvalue weighted by Crippen LogP contribution is 2.27. The molecule has 0 aromatic heterocycles. The summed E-state index contributed by atoms with van der Waals surface area (Å²) in [4.78, 5) is 32.3. The smallest absolute Gasteiger partial charge is 0.258 e. The SMILES string of the molecule is CCN(CC)CCNC(=O)C1N=C(c2ccccc2)c2cc(Cl)ccc2NC1=O. The molecule has 6 nitrogen and oxygen atoms in total. The molecule has 0 saturated heterocycles. The lowest BCUT2D eigenvalue weighted by molar-refractivity contribution is -0.128. The molecule has 0 spiro atoms. The average molecular weight is 413 g/mol. The Morgan fingerprint density at radius 2 is 1.90 bits per heavy atom. The number of hydrogen-bond acceptors (Lipinski definition) is 4. The second-order valence-corrected chi connectivity index (χ2v) is 7.18. The quantitative estimate of drug-likeness (QED) is 0.686. The summed E-state index contributed by atoms with van der Waals surface area (Å²) < 4.78 is 0. The number of benzene rings is 2. The van der Waals surface area contributed by atoms with E-state index in [9.17, 15) is 9.59 Å². The first-order valence-corrected chi connectivity index (χ1v) is 10.1. The van der Waals surface area contributed by atoms with Crippen LogP contribution < -0.4 is 10.6 Å². The van der Waals surface area contributed by atoms with Crippen molar-refractivity contribution in [1.82, 2.24) is 10.2 Å². The number of hydrogen-bond donors (Lipinski definition) is 2. The molecule has 0 aliphatic carbocycles. The normalized spacial score (nSPS) is 15.9. The number of nitrogens with one attached hydrogen (secondary N) is 2. The van der Waals surface area contributed by atoms with E-state index in [1.54, 1.807) is 18.2 Å². The third kappa shape index (κ3) is 5.02. The van der Waals surface area contributed by atoms with Crippen LogP contribution in [0.4, 0.5) is 5.69 Å². The van der Waals surface area contributed by atoms with E-state index in [0.29, 0.717) is 28.5 Å². The van der Waals surface area contributed by atoms with Crippen molar-refractivity contribution in [3.63, 3.8) is 0 Å². The maximum absolute atomic E-state index is 12.8. The third-order valence-corrected chi connectivity index (χ3v) is 5.15. The molecule has 0 fully saturated rings. The van der Waals surface area contributed by atoms with Gasteiger partial charge in [-0.15, -0.1) is 0 Å². The molecule has 1 aliphatic rings. The fraction of sp³-hybridized carbons (Fsp3) is 0.318.